The highest BCUT2D eigenvalue weighted by molar-refractivity contribution is 7.15. The lowest BCUT2D eigenvalue weighted by atomic mass is 10.2. The third-order valence-corrected chi connectivity index (χ3v) is 3.63. The van der Waals surface area contributed by atoms with Crippen molar-refractivity contribution >= 4 is 22.4 Å². The van der Waals surface area contributed by atoms with Crippen LogP contribution >= 0.6 is 11.3 Å². The van der Waals surface area contributed by atoms with E-state index in [-0.39, 0.29) is 12.4 Å². The second-order valence-corrected chi connectivity index (χ2v) is 5.67. The van der Waals surface area contributed by atoms with E-state index in [2.05, 4.69) is 15.5 Å². The first-order valence-electron chi connectivity index (χ1n) is 6.80. The zero-order valence-electron chi connectivity index (χ0n) is 12.2. The van der Waals surface area contributed by atoms with Gasteiger partial charge in [0.2, 0.25) is 5.13 Å². The summed E-state index contributed by atoms with van der Waals surface area (Å²) in [6, 6.07) is 4.13. The average Bonchev–Trinajstić information content (AvgIpc) is 2.92. The second kappa shape index (κ2) is 7.40. The van der Waals surface area contributed by atoms with Gasteiger partial charge in [0.25, 0.3) is 5.91 Å². The number of carbonyl (C=O) groups is 1. The molecule has 0 saturated carbocycles. The Labute approximate surface area is 134 Å². The van der Waals surface area contributed by atoms with Gasteiger partial charge in [0, 0.05) is 6.42 Å². The zero-order valence-corrected chi connectivity index (χ0v) is 13.0. The Morgan fingerprint density at radius 1 is 1.26 bits per heavy atom. The molecule has 0 aliphatic rings. The molecule has 0 saturated heterocycles. The van der Waals surface area contributed by atoms with Gasteiger partial charge in [-0.3, -0.25) is 10.1 Å². The van der Waals surface area contributed by atoms with Gasteiger partial charge in [-0.1, -0.05) is 18.3 Å². The number of nitrogens with one attached hydrogen (secondary N) is 1. The predicted octanol–water partition coefficient (Wildman–Crippen LogP) is 3.53. The minimum absolute atomic E-state index is 0.178. The first-order valence-corrected chi connectivity index (χ1v) is 7.62. The van der Waals surface area contributed by atoms with Gasteiger partial charge in [0.1, 0.15) is 10.8 Å². The highest BCUT2D eigenvalue weighted by Crippen LogP contribution is 2.30. The van der Waals surface area contributed by atoms with E-state index in [0.717, 1.165) is 30.0 Å². The number of hydrogen-bond donors (Lipinski definition) is 1. The van der Waals surface area contributed by atoms with Crippen molar-refractivity contribution in [1.82, 2.24) is 10.2 Å². The van der Waals surface area contributed by atoms with Gasteiger partial charge in [-0.15, -0.1) is 10.2 Å². The molecule has 5 nitrogen and oxygen atoms in total. The van der Waals surface area contributed by atoms with Crippen molar-refractivity contribution in [1.29, 1.82) is 0 Å². The Kier molecular flexibility index (Phi) is 5.54. The Hall–Kier alpha value is -2.16. The van der Waals surface area contributed by atoms with Crippen LogP contribution in [-0.4, -0.2) is 22.7 Å². The van der Waals surface area contributed by atoms with Gasteiger partial charge in [0.15, 0.2) is 6.61 Å². The van der Waals surface area contributed by atoms with E-state index in [1.807, 2.05) is 6.92 Å². The normalized spacial score (nSPS) is 11.3. The third-order valence-electron chi connectivity index (χ3n) is 2.73. The van der Waals surface area contributed by atoms with E-state index in [0.29, 0.717) is 5.13 Å². The molecule has 9 heteroatoms. The van der Waals surface area contributed by atoms with Gasteiger partial charge in [-0.2, -0.15) is 13.2 Å². The van der Waals surface area contributed by atoms with Crippen molar-refractivity contribution in [2.45, 2.75) is 25.9 Å². The van der Waals surface area contributed by atoms with Crippen molar-refractivity contribution in [3.8, 4) is 5.75 Å². The Morgan fingerprint density at radius 2 is 1.96 bits per heavy atom. The fourth-order valence-corrected chi connectivity index (χ4v) is 2.52. The molecule has 2 rings (SSSR count). The number of benzene rings is 1. The molecular weight excluding hydrogens is 331 g/mol. The number of aromatic nitrogens is 2. The number of rotatable bonds is 6. The molecule has 0 unspecified atom stereocenters. The Morgan fingerprint density at radius 3 is 2.57 bits per heavy atom. The number of amides is 1. The molecule has 23 heavy (non-hydrogen) atoms. The molecule has 0 radical (unpaired) electrons. The van der Waals surface area contributed by atoms with Crippen LogP contribution in [-0.2, 0) is 17.4 Å². The molecule has 124 valence electrons. The average molecular weight is 345 g/mol. The van der Waals surface area contributed by atoms with Crippen molar-refractivity contribution in [3.05, 3.63) is 34.8 Å². The van der Waals surface area contributed by atoms with Crippen LogP contribution in [0.25, 0.3) is 0 Å². The number of ether oxygens (including phenoxy) is 1. The van der Waals surface area contributed by atoms with Crippen LogP contribution in [0.5, 0.6) is 5.75 Å². The van der Waals surface area contributed by atoms with Gasteiger partial charge < -0.3 is 4.74 Å². The number of anilines is 1. The Balaban J connectivity index is 1.84. The largest absolute Gasteiger partial charge is 0.484 e. The number of aryl methyl sites for hydroxylation is 1. The maximum atomic E-state index is 12.4. The minimum Gasteiger partial charge on any atom is -0.484 e. The molecule has 1 N–H and O–H groups in total. The maximum Gasteiger partial charge on any atom is 0.416 e. The molecule has 0 aliphatic carbocycles. The van der Waals surface area contributed by atoms with Gasteiger partial charge in [-0.25, -0.2) is 0 Å². The summed E-state index contributed by atoms with van der Waals surface area (Å²) in [6.45, 7) is 1.69. The molecular formula is C14H14F3N3O2S. The SMILES string of the molecule is CCCc1nnc(NC(=O)COc2ccc(C(F)(F)F)cc2)s1. The molecule has 1 aromatic heterocycles. The molecule has 0 spiro atoms. The van der Waals surface area contributed by atoms with Crippen molar-refractivity contribution < 1.29 is 22.7 Å². The first-order chi connectivity index (χ1) is 10.9. The van der Waals surface area contributed by atoms with Crippen LogP contribution in [0.15, 0.2) is 24.3 Å². The smallest absolute Gasteiger partial charge is 0.416 e. The maximum absolute atomic E-state index is 12.4. The van der Waals surface area contributed by atoms with Gasteiger partial charge in [0.05, 0.1) is 5.56 Å². The quantitative estimate of drug-likeness (QED) is 0.870. The fourth-order valence-electron chi connectivity index (χ4n) is 1.66. The van der Waals surface area contributed by atoms with Crippen molar-refractivity contribution in [2.75, 3.05) is 11.9 Å². The monoisotopic (exact) mass is 345 g/mol. The number of carbonyl (C=O) groups excluding carboxylic acids is 1. The van der Waals surface area contributed by atoms with Crippen LogP contribution in [0.1, 0.15) is 23.9 Å². The van der Waals surface area contributed by atoms with Crippen molar-refractivity contribution in [2.24, 2.45) is 0 Å². The number of hydrogen-bond acceptors (Lipinski definition) is 5. The second-order valence-electron chi connectivity index (χ2n) is 4.61. The summed E-state index contributed by atoms with van der Waals surface area (Å²) in [6.07, 6.45) is -2.68. The standard InChI is InChI=1S/C14H14F3N3O2S/c1-2-3-12-19-20-13(23-12)18-11(21)8-22-10-6-4-9(5-7-10)14(15,16)17/h4-7H,2-3,8H2,1H3,(H,18,20,21). The fraction of sp³-hybridized carbons (Fsp3) is 0.357. The molecule has 2 aromatic rings. The molecule has 1 aromatic carbocycles. The zero-order chi connectivity index (χ0) is 16.9. The molecule has 1 heterocycles. The van der Waals surface area contributed by atoms with E-state index in [4.69, 9.17) is 4.74 Å². The molecule has 0 bridgehead atoms. The molecule has 0 fully saturated rings. The number of nitrogens with zero attached hydrogens (tertiary/aromatic N) is 2. The van der Waals surface area contributed by atoms with E-state index in [9.17, 15) is 18.0 Å². The predicted molar refractivity (Wildman–Crippen MR) is 79.5 cm³/mol. The molecule has 0 aliphatic heterocycles. The number of alkyl halides is 3. The van der Waals surface area contributed by atoms with Crippen molar-refractivity contribution in [3.63, 3.8) is 0 Å². The summed E-state index contributed by atoms with van der Waals surface area (Å²) in [5.41, 5.74) is -0.772. The summed E-state index contributed by atoms with van der Waals surface area (Å²) < 4.78 is 42.4. The van der Waals surface area contributed by atoms with Crippen LogP contribution in [0.3, 0.4) is 0 Å². The van der Waals surface area contributed by atoms with E-state index >= 15 is 0 Å². The summed E-state index contributed by atoms with van der Waals surface area (Å²) in [5, 5.41) is 11.5. The lowest BCUT2D eigenvalue weighted by molar-refractivity contribution is -0.137. The molecule has 1 amide bonds. The van der Waals surface area contributed by atoms with E-state index in [1.54, 1.807) is 0 Å². The minimum atomic E-state index is -4.40. The van der Waals surface area contributed by atoms with Crippen LogP contribution in [0.2, 0.25) is 0 Å². The summed E-state index contributed by atoms with van der Waals surface area (Å²) >= 11 is 1.28. The van der Waals surface area contributed by atoms with Gasteiger partial charge in [-0.05, 0) is 30.7 Å². The third kappa shape index (κ3) is 5.20. The lowest BCUT2D eigenvalue weighted by Gasteiger charge is -2.08. The van der Waals surface area contributed by atoms with E-state index in [1.165, 1.54) is 23.5 Å². The summed E-state index contributed by atoms with van der Waals surface area (Å²) in [7, 11) is 0. The van der Waals surface area contributed by atoms with Crippen LogP contribution in [0, 0.1) is 0 Å². The summed E-state index contributed by atoms with van der Waals surface area (Å²) in [5.74, 6) is -0.277. The van der Waals surface area contributed by atoms with Gasteiger partial charge >= 0.3 is 6.18 Å². The Bertz CT molecular complexity index is 656. The van der Waals surface area contributed by atoms with E-state index < -0.39 is 17.6 Å². The topological polar surface area (TPSA) is 64.1 Å². The first kappa shape index (κ1) is 17.2. The number of halogens is 3. The summed E-state index contributed by atoms with van der Waals surface area (Å²) in [4.78, 5) is 11.7. The highest BCUT2D eigenvalue weighted by atomic mass is 32.1. The van der Waals surface area contributed by atoms with Crippen LogP contribution < -0.4 is 10.1 Å². The highest BCUT2D eigenvalue weighted by Gasteiger charge is 2.30. The van der Waals surface area contributed by atoms with Crippen LogP contribution in [0.4, 0.5) is 18.3 Å². The lowest BCUT2D eigenvalue weighted by Crippen LogP contribution is -2.20. The molecule has 0 atom stereocenters.